The zero-order valence-electron chi connectivity index (χ0n) is 21.5. The van der Waals surface area contributed by atoms with Crippen molar-refractivity contribution in [1.29, 1.82) is 0 Å². The first kappa shape index (κ1) is 28.6. The van der Waals surface area contributed by atoms with Crippen molar-refractivity contribution in [3.8, 4) is 11.1 Å². The Morgan fingerprint density at radius 2 is 1.82 bits per heavy atom. The van der Waals surface area contributed by atoms with Crippen molar-refractivity contribution < 1.29 is 27.8 Å². The number of alkyl halides is 2. The predicted molar refractivity (Wildman–Crippen MR) is 143 cm³/mol. The van der Waals surface area contributed by atoms with Gasteiger partial charge in [0.1, 0.15) is 6.10 Å². The van der Waals surface area contributed by atoms with Gasteiger partial charge in [0.15, 0.2) is 5.78 Å². The van der Waals surface area contributed by atoms with Crippen molar-refractivity contribution in [2.75, 3.05) is 7.11 Å². The number of primary amides is 1. The Hall–Kier alpha value is -3.40. The fraction of sp³-hybridized carbons (Fsp3) is 0.345. The van der Waals surface area contributed by atoms with Crippen molar-refractivity contribution in [2.24, 2.45) is 5.73 Å². The number of rotatable bonds is 9. The van der Waals surface area contributed by atoms with Gasteiger partial charge in [-0.3, -0.25) is 14.4 Å². The molecule has 0 unspecified atom stereocenters. The van der Waals surface area contributed by atoms with E-state index in [-0.39, 0.29) is 24.7 Å². The monoisotopic (exact) mass is 558 g/mol. The molecule has 1 aliphatic rings. The fourth-order valence-corrected chi connectivity index (χ4v) is 4.98. The van der Waals surface area contributed by atoms with Crippen LogP contribution >= 0.6 is 11.6 Å². The third-order valence-electron chi connectivity index (χ3n) is 6.92. The maximum Gasteiger partial charge on any atom is 0.264 e. The van der Waals surface area contributed by atoms with E-state index in [0.29, 0.717) is 28.1 Å². The normalized spacial score (nSPS) is 16.5. The van der Waals surface area contributed by atoms with E-state index in [4.69, 9.17) is 26.8 Å². The minimum atomic E-state index is -2.86. The number of halogens is 3. The molecule has 3 aromatic rings. The number of carbonyl (C=O) groups is 2. The number of hydrogen-bond donors (Lipinski definition) is 1. The van der Waals surface area contributed by atoms with E-state index in [2.05, 4.69) is 0 Å². The van der Waals surface area contributed by atoms with Gasteiger partial charge in [-0.25, -0.2) is 8.78 Å². The maximum atomic E-state index is 13.7. The summed E-state index contributed by atoms with van der Waals surface area (Å²) in [5.74, 6) is -1.08. The molecule has 2 N–H and O–H groups in total. The second-order valence-electron chi connectivity index (χ2n) is 9.65. The number of fused-ring (bicyclic) bond motifs is 3. The summed E-state index contributed by atoms with van der Waals surface area (Å²) in [6.45, 7) is 2.09. The Bertz CT molecular complexity index is 1420. The van der Waals surface area contributed by atoms with Crippen LogP contribution in [0.1, 0.15) is 46.4 Å². The van der Waals surface area contributed by atoms with Crippen LogP contribution < -0.4 is 11.3 Å². The summed E-state index contributed by atoms with van der Waals surface area (Å²) in [6.07, 6.45) is -2.99. The van der Waals surface area contributed by atoms with Crippen molar-refractivity contribution >= 4 is 23.3 Å². The Balaban J connectivity index is 1.78. The summed E-state index contributed by atoms with van der Waals surface area (Å²) in [7, 11) is 1.14. The highest BCUT2D eigenvalue weighted by Crippen LogP contribution is 2.33. The number of nitrogens with two attached hydrogens (primary N) is 1. The molecule has 0 bridgehead atoms. The lowest BCUT2D eigenvalue weighted by Crippen LogP contribution is -2.36. The van der Waals surface area contributed by atoms with E-state index < -0.39 is 42.2 Å². The number of nitrogens with zero attached hydrogens (tertiary/aromatic N) is 1. The SMILES string of the molecule is CO[C@H](C[C@@H](C(=O)Cc1ccc(C(N)=O)cc1)n1cc2c(cc1=O)-c1cc(Cl)ccc1C[C@@H](C)OC2)C(F)F. The van der Waals surface area contributed by atoms with Crippen molar-refractivity contribution in [2.45, 2.75) is 57.5 Å². The van der Waals surface area contributed by atoms with Crippen LogP contribution in [0.5, 0.6) is 0 Å². The van der Waals surface area contributed by atoms with Gasteiger partial charge in [0.25, 0.3) is 12.0 Å². The molecular formula is C29H29ClF2N2O5. The number of hydrogen-bond acceptors (Lipinski definition) is 5. The minimum absolute atomic E-state index is 0.129. The first-order chi connectivity index (χ1) is 18.6. The number of ether oxygens (including phenoxy) is 2. The van der Waals surface area contributed by atoms with Gasteiger partial charge in [0, 0.05) is 48.4 Å². The number of amides is 1. The van der Waals surface area contributed by atoms with Crippen LogP contribution in [0.15, 0.2) is 59.5 Å². The Morgan fingerprint density at radius 3 is 2.46 bits per heavy atom. The van der Waals surface area contributed by atoms with Gasteiger partial charge in [-0.15, -0.1) is 0 Å². The van der Waals surface area contributed by atoms with Crippen molar-refractivity contribution in [3.63, 3.8) is 0 Å². The highest BCUT2D eigenvalue weighted by molar-refractivity contribution is 6.30. The Labute approximate surface area is 229 Å². The van der Waals surface area contributed by atoms with Crippen molar-refractivity contribution in [1.82, 2.24) is 4.57 Å². The molecule has 1 aromatic heterocycles. The second kappa shape index (κ2) is 12.2. The smallest absolute Gasteiger partial charge is 0.264 e. The van der Waals surface area contributed by atoms with Gasteiger partial charge in [0.05, 0.1) is 18.8 Å². The molecule has 1 amide bonds. The molecule has 39 heavy (non-hydrogen) atoms. The molecule has 2 heterocycles. The molecule has 206 valence electrons. The predicted octanol–water partition coefficient (Wildman–Crippen LogP) is 4.75. The van der Waals surface area contributed by atoms with E-state index in [9.17, 15) is 23.2 Å². The van der Waals surface area contributed by atoms with E-state index in [0.717, 1.165) is 18.2 Å². The molecule has 0 saturated heterocycles. The van der Waals surface area contributed by atoms with Crippen LogP contribution in [-0.4, -0.2) is 42.0 Å². The molecular weight excluding hydrogens is 530 g/mol. The number of benzene rings is 2. The standard InChI is InChI=1S/C29H29ClF2N2O5/c1-16-9-19-7-8-21(30)11-22(19)23-12-27(36)34(14-20(23)15-39-16)24(13-26(38-2)28(31)32)25(35)10-17-3-5-18(6-4-17)29(33)37/h3-8,11-12,14,16,24,26,28H,9-10,13,15H2,1-2H3,(H2,33,37)/t16-,24+,26-/m1/s1. The van der Waals surface area contributed by atoms with Gasteiger partial charge >= 0.3 is 0 Å². The zero-order chi connectivity index (χ0) is 28.3. The number of aromatic nitrogens is 1. The number of Topliss-reactive ketones (excluding diaryl/α,β-unsaturated/α-hetero) is 1. The largest absolute Gasteiger partial charge is 0.375 e. The van der Waals surface area contributed by atoms with Crippen molar-refractivity contribution in [3.05, 3.63) is 92.4 Å². The summed E-state index contributed by atoms with van der Waals surface area (Å²) in [5, 5.41) is 0.508. The molecule has 0 fully saturated rings. The van der Waals surface area contributed by atoms with E-state index in [1.165, 1.54) is 29.0 Å². The zero-order valence-corrected chi connectivity index (χ0v) is 22.3. The molecule has 2 aromatic carbocycles. The summed E-state index contributed by atoms with van der Waals surface area (Å²) >= 11 is 6.27. The molecule has 7 nitrogen and oxygen atoms in total. The average Bonchev–Trinajstić information content (AvgIpc) is 2.89. The second-order valence-corrected chi connectivity index (χ2v) is 10.1. The molecule has 3 atom stereocenters. The third-order valence-corrected chi connectivity index (χ3v) is 7.15. The lowest BCUT2D eigenvalue weighted by molar-refractivity contribution is -0.124. The number of carbonyl (C=O) groups excluding carboxylic acids is 2. The minimum Gasteiger partial charge on any atom is -0.375 e. The molecule has 0 aliphatic carbocycles. The van der Waals surface area contributed by atoms with E-state index in [1.807, 2.05) is 13.0 Å². The van der Waals surface area contributed by atoms with Crippen LogP contribution in [0, 0.1) is 0 Å². The van der Waals surface area contributed by atoms with Crippen LogP contribution in [0.25, 0.3) is 11.1 Å². The van der Waals surface area contributed by atoms with E-state index >= 15 is 0 Å². The van der Waals surface area contributed by atoms with Gasteiger partial charge in [0.2, 0.25) is 5.91 Å². The van der Waals surface area contributed by atoms with E-state index in [1.54, 1.807) is 24.3 Å². The summed E-state index contributed by atoms with van der Waals surface area (Å²) in [6, 6.07) is 11.7. The quantitative estimate of drug-likeness (QED) is 0.408. The van der Waals surface area contributed by atoms with Gasteiger partial charge in [-0.05, 0) is 59.9 Å². The summed E-state index contributed by atoms with van der Waals surface area (Å²) < 4.78 is 39.5. The van der Waals surface area contributed by atoms with Crippen LogP contribution in [0.4, 0.5) is 8.78 Å². The molecule has 4 rings (SSSR count). The number of pyridine rings is 1. The molecule has 10 heteroatoms. The van der Waals surface area contributed by atoms with Gasteiger partial charge in [-0.2, -0.15) is 0 Å². The first-order valence-corrected chi connectivity index (χ1v) is 12.8. The topological polar surface area (TPSA) is 101 Å². The third kappa shape index (κ3) is 6.61. The van der Waals surface area contributed by atoms with Gasteiger partial charge < -0.3 is 19.8 Å². The van der Waals surface area contributed by atoms with Crippen LogP contribution in [0.2, 0.25) is 5.02 Å². The molecule has 1 aliphatic heterocycles. The van der Waals surface area contributed by atoms with Crippen LogP contribution in [-0.2, 0) is 33.7 Å². The highest BCUT2D eigenvalue weighted by atomic mass is 35.5. The highest BCUT2D eigenvalue weighted by Gasteiger charge is 2.31. The lowest BCUT2D eigenvalue weighted by atomic mass is 9.92. The first-order valence-electron chi connectivity index (χ1n) is 12.4. The number of ketones is 1. The average molecular weight is 559 g/mol. The molecule has 0 radical (unpaired) electrons. The Morgan fingerprint density at radius 1 is 1.13 bits per heavy atom. The molecule has 0 saturated carbocycles. The summed E-state index contributed by atoms with van der Waals surface area (Å²) in [4.78, 5) is 38.4. The molecule has 0 spiro atoms. The number of methoxy groups -OCH3 is 1. The summed E-state index contributed by atoms with van der Waals surface area (Å²) in [5.41, 5.74) is 8.55. The lowest BCUT2D eigenvalue weighted by Gasteiger charge is -2.26. The maximum absolute atomic E-state index is 13.7. The fourth-order valence-electron chi connectivity index (χ4n) is 4.81. The van der Waals surface area contributed by atoms with Crippen LogP contribution in [0.3, 0.4) is 0 Å². The van der Waals surface area contributed by atoms with Gasteiger partial charge in [-0.1, -0.05) is 29.8 Å². The Kier molecular flexibility index (Phi) is 8.94.